The molecule has 2 rings (SSSR count). The highest BCUT2D eigenvalue weighted by Gasteiger charge is 2.06. The summed E-state index contributed by atoms with van der Waals surface area (Å²) >= 11 is 3.51. The Morgan fingerprint density at radius 3 is 2.70 bits per heavy atom. The molecule has 0 saturated carbocycles. The van der Waals surface area contributed by atoms with Gasteiger partial charge in [0.15, 0.2) is 0 Å². The lowest BCUT2D eigenvalue weighted by Gasteiger charge is -2.12. The minimum absolute atomic E-state index is 0.804. The van der Waals surface area contributed by atoms with Gasteiger partial charge >= 0.3 is 0 Å². The van der Waals surface area contributed by atoms with Crippen molar-refractivity contribution < 1.29 is 4.74 Å². The molecule has 2 aromatic rings. The van der Waals surface area contributed by atoms with E-state index in [9.17, 15) is 0 Å². The van der Waals surface area contributed by atoms with E-state index in [1.807, 2.05) is 24.3 Å². The fraction of sp³-hybridized carbons (Fsp3) is 0.294. The highest BCUT2D eigenvalue weighted by molar-refractivity contribution is 9.10. The summed E-state index contributed by atoms with van der Waals surface area (Å²) in [5.41, 5.74) is 2.44. The van der Waals surface area contributed by atoms with Gasteiger partial charge in [0.25, 0.3) is 0 Å². The van der Waals surface area contributed by atoms with Crippen molar-refractivity contribution in [3.05, 3.63) is 58.1 Å². The second-order valence-electron chi connectivity index (χ2n) is 4.64. The molecule has 0 radical (unpaired) electrons. The fourth-order valence-electron chi connectivity index (χ4n) is 2.00. The quantitative estimate of drug-likeness (QED) is 0.810. The number of benzene rings is 2. The van der Waals surface area contributed by atoms with E-state index in [0.717, 1.165) is 41.0 Å². The van der Waals surface area contributed by atoms with E-state index in [0.29, 0.717) is 0 Å². The summed E-state index contributed by atoms with van der Waals surface area (Å²) in [6, 6.07) is 14.4. The fourth-order valence-corrected chi connectivity index (χ4v) is 2.41. The molecule has 0 aliphatic heterocycles. The molecule has 0 heterocycles. The Morgan fingerprint density at radius 1 is 1.10 bits per heavy atom. The smallest absolute Gasteiger partial charge is 0.131 e. The number of rotatable bonds is 6. The van der Waals surface area contributed by atoms with Crippen LogP contribution in [0.5, 0.6) is 11.5 Å². The molecule has 0 unspecified atom stereocenters. The van der Waals surface area contributed by atoms with Gasteiger partial charge < -0.3 is 10.1 Å². The molecule has 0 aliphatic rings. The molecule has 0 spiro atoms. The third-order valence-electron chi connectivity index (χ3n) is 3.12. The third-order valence-corrected chi connectivity index (χ3v) is 3.62. The van der Waals surface area contributed by atoms with Crippen LogP contribution in [0, 0.1) is 0 Å². The summed E-state index contributed by atoms with van der Waals surface area (Å²) in [7, 11) is 0. The van der Waals surface area contributed by atoms with E-state index < -0.39 is 0 Å². The highest BCUT2D eigenvalue weighted by atomic mass is 79.9. The average Bonchev–Trinajstić information content (AvgIpc) is 2.47. The van der Waals surface area contributed by atoms with E-state index >= 15 is 0 Å². The summed E-state index contributed by atoms with van der Waals surface area (Å²) in [6.07, 6.45) is 1.02. The Labute approximate surface area is 129 Å². The Bertz CT molecular complexity index is 569. The van der Waals surface area contributed by atoms with Gasteiger partial charge in [-0.1, -0.05) is 41.9 Å². The topological polar surface area (TPSA) is 21.3 Å². The molecule has 20 heavy (non-hydrogen) atoms. The Kier molecular flexibility index (Phi) is 5.62. The number of hydrogen-bond donors (Lipinski definition) is 1. The molecule has 0 atom stereocenters. The lowest BCUT2D eigenvalue weighted by molar-refractivity contribution is 0.472. The van der Waals surface area contributed by atoms with Crippen LogP contribution in [0.25, 0.3) is 0 Å². The van der Waals surface area contributed by atoms with Crippen LogP contribution in [0.3, 0.4) is 0 Å². The second kappa shape index (κ2) is 7.46. The summed E-state index contributed by atoms with van der Waals surface area (Å²) in [6.45, 7) is 5.99. The van der Waals surface area contributed by atoms with Crippen molar-refractivity contribution in [3.8, 4) is 11.5 Å². The maximum atomic E-state index is 6.04. The average molecular weight is 334 g/mol. The minimum atomic E-state index is 0.804. The molecule has 2 nitrogen and oxygen atoms in total. The molecule has 0 aromatic heterocycles. The van der Waals surface area contributed by atoms with Gasteiger partial charge in [-0.15, -0.1) is 0 Å². The molecule has 0 saturated heterocycles. The zero-order chi connectivity index (χ0) is 14.4. The van der Waals surface area contributed by atoms with Crippen LogP contribution in [0.4, 0.5) is 0 Å². The van der Waals surface area contributed by atoms with E-state index in [4.69, 9.17) is 4.74 Å². The Morgan fingerprint density at radius 2 is 1.95 bits per heavy atom. The molecule has 1 N–H and O–H groups in total. The van der Waals surface area contributed by atoms with Crippen molar-refractivity contribution >= 4 is 15.9 Å². The number of ether oxygens (including phenoxy) is 1. The van der Waals surface area contributed by atoms with Crippen molar-refractivity contribution in [3.63, 3.8) is 0 Å². The lowest BCUT2D eigenvalue weighted by atomic mass is 10.1. The van der Waals surface area contributed by atoms with Crippen LogP contribution in [-0.4, -0.2) is 6.54 Å². The summed E-state index contributed by atoms with van der Waals surface area (Å²) in [5, 5.41) is 3.34. The normalized spacial score (nSPS) is 10.6. The molecule has 0 amide bonds. The minimum Gasteiger partial charge on any atom is -0.457 e. The van der Waals surface area contributed by atoms with E-state index in [1.165, 1.54) is 5.56 Å². The number of aryl methyl sites for hydroxylation is 1. The SMILES string of the molecule is CCNCc1cc(Br)ccc1Oc1cccc(CC)c1. The highest BCUT2D eigenvalue weighted by Crippen LogP contribution is 2.28. The van der Waals surface area contributed by atoms with Crippen molar-refractivity contribution in [2.75, 3.05) is 6.54 Å². The molecular formula is C17H20BrNO. The van der Waals surface area contributed by atoms with Crippen molar-refractivity contribution in [1.82, 2.24) is 5.32 Å². The van der Waals surface area contributed by atoms with E-state index in [2.05, 4.69) is 53.3 Å². The van der Waals surface area contributed by atoms with Gasteiger partial charge in [-0.2, -0.15) is 0 Å². The molecular weight excluding hydrogens is 314 g/mol. The predicted octanol–water partition coefficient (Wildman–Crippen LogP) is 4.91. The zero-order valence-electron chi connectivity index (χ0n) is 11.9. The number of nitrogens with one attached hydrogen (secondary N) is 1. The summed E-state index contributed by atoms with van der Waals surface area (Å²) < 4.78 is 7.11. The molecule has 2 aromatic carbocycles. The Hall–Kier alpha value is -1.32. The van der Waals surface area contributed by atoms with Gasteiger partial charge in [-0.25, -0.2) is 0 Å². The first-order chi connectivity index (χ1) is 9.72. The van der Waals surface area contributed by atoms with Crippen molar-refractivity contribution in [2.24, 2.45) is 0 Å². The van der Waals surface area contributed by atoms with Gasteiger partial charge in [0.2, 0.25) is 0 Å². The first kappa shape index (κ1) is 15.1. The largest absolute Gasteiger partial charge is 0.457 e. The van der Waals surface area contributed by atoms with Crippen LogP contribution >= 0.6 is 15.9 Å². The van der Waals surface area contributed by atoms with Crippen LogP contribution in [-0.2, 0) is 13.0 Å². The van der Waals surface area contributed by atoms with Gasteiger partial charge in [-0.3, -0.25) is 0 Å². The standard InChI is InChI=1S/C17H20BrNO/c1-3-13-6-5-7-16(10-13)20-17-9-8-15(18)11-14(17)12-19-4-2/h5-11,19H,3-4,12H2,1-2H3. The molecule has 3 heteroatoms. The Balaban J connectivity index is 2.22. The lowest BCUT2D eigenvalue weighted by Crippen LogP contribution is -2.12. The van der Waals surface area contributed by atoms with Gasteiger partial charge in [-0.05, 0) is 48.9 Å². The summed E-state index contributed by atoms with van der Waals surface area (Å²) in [4.78, 5) is 0. The van der Waals surface area contributed by atoms with Crippen LogP contribution in [0.1, 0.15) is 25.0 Å². The molecule has 0 aliphatic carbocycles. The predicted molar refractivity (Wildman–Crippen MR) is 87.4 cm³/mol. The van der Waals surface area contributed by atoms with Gasteiger partial charge in [0, 0.05) is 16.6 Å². The maximum absolute atomic E-state index is 6.04. The first-order valence-electron chi connectivity index (χ1n) is 6.99. The monoisotopic (exact) mass is 333 g/mol. The number of halogens is 1. The molecule has 106 valence electrons. The van der Waals surface area contributed by atoms with Gasteiger partial charge in [0.1, 0.15) is 11.5 Å². The molecule has 0 bridgehead atoms. The number of hydrogen-bond acceptors (Lipinski definition) is 2. The van der Waals surface area contributed by atoms with Crippen LogP contribution < -0.4 is 10.1 Å². The van der Waals surface area contributed by atoms with Crippen LogP contribution in [0.15, 0.2) is 46.9 Å². The van der Waals surface area contributed by atoms with Crippen molar-refractivity contribution in [1.29, 1.82) is 0 Å². The van der Waals surface area contributed by atoms with Crippen molar-refractivity contribution in [2.45, 2.75) is 26.8 Å². The van der Waals surface area contributed by atoms with E-state index in [-0.39, 0.29) is 0 Å². The van der Waals surface area contributed by atoms with Crippen LogP contribution in [0.2, 0.25) is 0 Å². The molecule has 0 fully saturated rings. The zero-order valence-corrected chi connectivity index (χ0v) is 13.5. The summed E-state index contributed by atoms with van der Waals surface area (Å²) in [5.74, 6) is 1.80. The second-order valence-corrected chi connectivity index (χ2v) is 5.55. The van der Waals surface area contributed by atoms with Gasteiger partial charge in [0.05, 0.1) is 0 Å². The third kappa shape index (κ3) is 4.09. The first-order valence-corrected chi connectivity index (χ1v) is 7.78. The maximum Gasteiger partial charge on any atom is 0.131 e. The van der Waals surface area contributed by atoms with E-state index in [1.54, 1.807) is 0 Å².